The molecular weight excluding hydrogens is 454 g/mol. The number of rotatable bonds is 2. The molecule has 0 spiro atoms. The number of carboxylic acid groups (broad SMARTS) is 2. The minimum atomic E-state index is -5.17. The number of carbonyl (C=O) groups is 2. The molecule has 25 heavy (non-hydrogen) atoms. The normalized spacial score (nSPS) is 10.0. The maximum absolute atomic E-state index is 9.55. The predicted octanol–water partition coefficient (Wildman–Crippen LogP) is -5.06. The van der Waals surface area contributed by atoms with Crippen LogP contribution < -0.4 is 0 Å². The second-order valence-corrected chi connectivity index (χ2v) is 4.68. The van der Waals surface area contributed by atoms with E-state index in [1.807, 2.05) is 0 Å². The standard InChI is InChI=1S/C4H4O4.2Al.3H2O4S/c5-3(6)1-2-4(7)8;;;3*1-5(2,3)4/h1-2H,(H,5,6)(H,7,8);;;3*(H2,1,2,3,4)/q;2*+3;;;/p-6. The molecule has 2 N–H and O–H groups in total. The predicted molar refractivity (Wildman–Crippen MR) is 67.3 cm³/mol. The van der Waals surface area contributed by atoms with E-state index >= 15 is 0 Å². The number of hydrogen-bond donors (Lipinski definition) is 2. The summed E-state index contributed by atoms with van der Waals surface area (Å²) in [5, 5.41) is 15.6. The summed E-state index contributed by atoms with van der Waals surface area (Å²) >= 11 is 0. The molecule has 140 valence electrons. The summed E-state index contributed by atoms with van der Waals surface area (Å²) in [4.78, 5) is 19.1. The maximum atomic E-state index is 9.55. The van der Waals surface area contributed by atoms with Gasteiger partial charge in [0.25, 0.3) is 0 Å². The minimum absolute atomic E-state index is 0. The maximum Gasteiger partial charge on any atom is 3.00 e. The van der Waals surface area contributed by atoms with Crippen LogP contribution in [0.3, 0.4) is 0 Å². The molecule has 0 heterocycles. The zero-order chi connectivity index (χ0) is 20.1. The fraction of sp³-hybridized carbons (Fsp3) is 0. The topological polar surface area (TPSA) is 315 Å². The number of hydrogen-bond acceptors (Lipinski definition) is 14. The van der Waals surface area contributed by atoms with Gasteiger partial charge in [-0.25, -0.2) is 9.59 Å². The first-order chi connectivity index (χ1) is 9.63. The van der Waals surface area contributed by atoms with Gasteiger partial charge in [0.1, 0.15) is 0 Å². The van der Waals surface area contributed by atoms with Crippen molar-refractivity contribution in [3.63, 3.8) is 0 Å². The van der Waals surface area contributed by atoms with Crippen molar-refractivity contribution in [3.05, 3.63) is 12.2 Å². The van der Waals surface area contributed by atoms with Crippen molar-refractivity contribution in [2.24, 2.45) is 0 Å². The average molecular weight is 458 g/mol. The first kappa shape index (κ1) is 39.4. The van der Waals surface area contributed by atoms with Gasteiger partial charge in [0.05, 0.1) is 0 Å². The number of carboxylic acids is 2. The van der Waals surface area contributed by atoms with Gasteiger partial charge in [-0.1, -0.05) is 0 Å². The van der Waals surface area contributed by atoms with Crippen molar-refractivity contribution in [2.45, 2.75) is 0 Å². The third kappa shape index (κ3) is 562. The average Bonchev–Trinajstić information content (AvgIpc) is 2.05. The van der Waals surface area contributed by atoms with E-state index in [9.17, 15) is 9.59 Å². The fourth-order valence-electron chi connectivity index (χ4n) is 0.143. The van der Waals surface area contributed by atoms with Gasteiger partial charge in [0, 0.05) is 43.3 Å². The Labute approximate surface area is 162 Å². The quantitative estimate of drug-likeness (QED) is 0.169. The number of aliphatic carboxylic acids is 2. The molecule has 0 bridgehead atoms. The van der Waals surface area contributed by atoms with E-state index in [1.54, 1.807) is 0 Å². The third-order valence-electron chi connectivity index (χ3n) is 0.368. The Morgan fingerprint density at radius 3 is 0.680 bits per heavy atom. The Kier molecular flexibility index (Phi) is 28.6. The van der Waals surface area contributed by atoms with Crippen LogP contribution >= 0.6 is 0 Å². The molecule has 0 aliphatic carbocycles. The second-order valence-electron chi connectivity index (χ2n) is 2.23. The van der Waals surface area contributed by atoms with Crippen molar-refractivity contribution in [1.29, 1.82) is 0 Å². The summed E-state index contributed by atoms with van der Waals surface area (Å²) in [6, 6.07) is 0. The molecule has 0 aromatic heterocycles. The Morgan fingerprint density at radius 2 is 0.640 bits per heavy atom. The Hall–Kier alpha value is -0.645. The molecule has 0 aromatic carbocycles. The van der Waals surface area contributed by atoms with Crippen LogP contribution in [0.5, 0.6) is 0 Å². The molecule has 0 fully saturated rings. The van der Waals surface area contributed by atoms with Gasteiger partial charge in [-0.3, -0.25) is 25.3 Å². The van der Waals surface area contributed by atoms with Crippen LogP contribution in [-0.2, 0) is 40.8 Å². The van der Waals surface area contributed by atoms with E-state index in [-0.39, 0.29) is 34.7 Å². The van der Waals surface area contributed by atoms with E-state index in [0.717, 1.165) is 0 Å². The SMILES string of the molecule is O=C(O)C=CC(=O)O.O=S(=O)([O-])[O-].O=S(=O)([O-])[O-].O=S(=O)([O-])[O-].[Al+3].[Al+3]. The van der Waals surface area contributed by atoms with Crippen LogP contribution in [-0.4, -0.2) is 109 Å². The molecule has 0 amide bonds. The largest absolute Gasteiger partial charge is 3.00 e. The van der Waals surface area contributed by atoms with E-state index in [4.69, 9.17) is 62.8 Å². The van der Waals surface area contributed by atoms with Crippen molar-refractivity contribution in [1.82, 2.24) is 0 Å². The molecule has 0 radical (unpaired) electrons. The Bertz CT molecular complexity index is 574. The summed E-state index contributed by atoms with van der Waals surface area (Å²) in [6.07, 6.45) is 1.12. The molecule has 0 saturated heterocycles. The Morgan fingerprint density at radius 1 is 0.560 bits per heavy atom. The molecule has 0 unspecified atom stereocenters. The minimum Gasteiger partial charge on any atom is -0.759 e. The van der Waals surface area contributed by atoms with Crippen LogP contribution in [0.25, 0.3) is 0 Å². The monoisotopic (exact) mass is 458 g/mol. The summed E-state index contributed by atoms with van der Waals surface area (Å²) in [5.41, 5.74) is 0. The Balaban J connectivity index is -0.0000000481. The van der Waals surface area contributed by atoms with Gasteiger partial charge in [-0.15, -0.1) is 0 Å². The molecular formula is C4H4Al2O16S3. The van der Waals surface area contributed by atoms with E-state index < -0.39 is 43.1 Å². The summed E-state index contributed by atoms with van der Waals surface area (Å²) in [5.74, 6) is -2.51. The van der Waals surface area contributed by atoms with E-state index in [1.165, 1.54) is 0 Å². The van der Waals surface area contributed by atoms with Crippen molar-refractivity contribution >= 4 is 77.9 Å². The molecule has 16 nitrogen and oxygen atoms in total. The van der Waals surface area contributed by atoms with E-state index in [0.29, 0.717) is 12.2 Å². The van der Waals surface area contributed by atoms with Crippen LogP contribution in [0.2, 0.25) is 0 Å². The van der Waals surface area contributed by atoms with Crippen LogP contribution in [0.4, 0.5) is 0 Å². The van der Waals surface area contributed by atoms with Gasteiger partial charge >= 0.3 is 46.7 Å². The van der Waals surface area contributed by atoms with Crippen molar-refractivity contribution < 1.29 is 72.4 Å². The van der Waals surface area contributed by atoms with Crippen LogP contribution in [0.1, 0.15) is 0 Å². The van der Waals surface area contributed by atoms with E-state index in [2.05, 4.69) is 0 Å². The van der Waals surface area contributed by atoms with Crippen LogP contribution in [0.15, 0.2) is 12.2 Å². The first-order valence-corrected chi connectivity index (χ1v) is 7.77. The molecule has 0 rings (SSSR count). The zero-order valence-electron chi connectivity index (χ0n) is 11.1. The summed E-state index contributed by atoms with van der Waals surface area (Å²) in [6.45, 7) is 0. The zero-order valence-corrected chi connectivity index (χ0v) is 15.9. The summed E-state index contributed by atoms with van der Waals surface area (Å²) < 4.78 is 102. The molecule has 0 atom stereocenters. The third-order valence-corrected chi connectivity index (χ3v) is 0.368. The van der Waals surface area contributed by atoms with Gasteiger partial charge in [-0.2, -0.15) is 0 Å². The van der Waals surface area contributed by atoms with Crippen LogP contribution in [0, 0.1) is 0 Å². The van der Waals surface area contributed by atoms with Crippen molar-refractivity contribution in [2.75, 3.05) is 0 Å². The van der Waals surface area contributed by atoms with Gasteiger partial charge in [-0.05, 0) is 0 Å². The molecule has 0 aliphatic rings. The molecule has 0 aromatic rings. The summed E-state index contributed by atoms with van der Waals surface area (Å²) in [7, 11) is -15.5. The molecule has 21 heteroatoms. The van der Waals surface area contributed by atoms with Gasteiger partial charge in [0.15, 0.2) is 0 Å². The van der Waals surface area contributed by atoms with Gasteiger partial charge in [0.2, 0.25) is 0 Å². The van der Waals surface area contributed by atoms with Crippen molar-refractivity contribution in [3.8, 4) is 0 Å². The fourth-order valence-corrected chi connectivity index (χ4v) is 0.143. The molecule has 0 saturated carbocycles. The van der Waals surface area contributed by atoms with Gasteiger partial charge < -0.3 is 37.5 Å². The first-order valence-electron chi connectivity index (χ1n) is 3.77. The smallest absolute Gasteiger partial charge is 0.759 e. The molecule has 0 aliphatic heterocycles. The second kappa shape index (κ2) is 18.2.